The van der Waals surface area contributed by atoms with Gasteiger partial charge in [-0.15, -0.1) is 0 Å². The Labute approximate surface area is 136 Å². The van der Waals surface area contributed by atoms with Crippen molar-refractivity contribution in [1.82, 2.24) is 0 Å². The molecule has 0 aromatic heterocycles. The first-order chi connectivity index (χ1) is 9.77. The minimum Gasteiger partial charge on any atom is -0.321 e. The number of carbonyl (C=O) groups is 1. The Morgan fingerprint density at radius 1 is 1.19 bits per heavy atom. The third-order valence-electron chi connectivity index (χ3n) is 2.70. The number of rotatable bonds is 3. The van der Waals surface area contributed by atoms with Crippen LogP contribution in [0.25, 0.3) is 0 Å². The first-order valence-corrected chi connectivity index (χ1v) is 8.90. The minimum absolute atomic E-state index is 0.0975. The fourth-order valence-corrected chi connectivity index (χ4v) is 2.84. The van der Waals surface area contributed by atoms with Gasteiger partial charge in [0.15, 0.2) is 9.84 Å². The molecular weight excluding hydrogens is 378 g/mol. The zero-order valence-corrected chi connectivity index (χ0v) is 14.1. The maximum atomic E-state index is 12.2. The highest BCUT2D eigenvalue weighted by atomic mass is 79.9. The van der Waals surface area contributed by atoms with Crippen LogP contribution in [0.15, 0.2) is 51.8 Å². The molecule has 21 heavy (non-hydrogen) atoms. The molecule has 1 amide bonds. The van der Waals surface area contributed by atoms with Gasteiger partial charge in [-0.3, -0.25) is 4.79 Å². The summed E-state index contributed by atoms with van der Waals surface area (Å²) in [4.78, 5) is 12.3. The summed E-state index contributed by atoms with van der Waals surface area (Å²) in [6.07, 6.45) is 1.09. The topological polar surface area (TPSA) is 63.2 Å². The monoisotopic (exact) mass is 387 g/mol. The summed E-state index contributed by atoms with van der Waals surface area (Å²) in [5, 5.41) is 3.17. The maximum Gasteiger partial charge on any atom is 0.255 e. The number of anilines is 1. The summed E-state index contributed by atoms with van der Waals surface area (Å²) < 4.78 is 23.7. The van der Waals surface area contributed by atoms with Gasteiger partial charge in [0, 0.05) is 21.3 Å². The van der Waals surface area contributed by atoms with Crippen molar-refractivity contribution in [1.29, 1.82) is 0 Å². The summed E-state index contributed by atoms with van der Waals surface area (Å²) in [5.74, 6) is -0.413. The Hall–Kier alpha value is -1.37. The highest BCUT2D eigenvalue weighted by Crippen LogP contribution is 2.26. The van der Waals surface area contributed by atoms with Crippen molar-refractivity contribution >= 4 is 49.0 Å². The van der Waals surface area contributed by atoms with Gasteiger partial charge < -0.3 is 5.32 Å². The lowest BCUT2D eigenvalue weighted by molar-refractivity contribution is 0.102. The van der Waals surface area contributed by atoms with Crippen molar-refractivity contribution < 1.29 is 13.2 Å². The van der Waals surface area contributed by atoms with E-state index in [1.54, 1.807) is 24.3 Å². The molecule has 2 aromatic carbocycles. The second-order valence-electron chi connectivity index (χ2n) is 4.38. The number of amides is 1. The molecule has 2 aromatic rings. The first kappa shape index (κ1) is 16.0. The van der Waals surface area contributed by atoms with E-state index in [0.717, 1.165) is 6.26 Å². The minimum atomic E-state index is -3.36. The van der Waals surface area contributed by atoms with E-state index in [1.165, 1.54) is 18.2 Å². The van der Waals surface area contributed by atoms with Gasteiger partial charge >= 0.3 is 0 Å². The predicted octanol–water partition coefficient (Wildman–Crippen LogP) is 3.76. The van der Waals surface area contributed by atoms with Crippen LogP contribution in [-0.4, -0.2) is 20.6 Å². The molecule has 110 valence electrons. The van der Waals surface area contributed by atoms with Crippen molar-refractivity contribution in [3.8, 4) is 0 Å². The lowest BCUT2D eigenvalue weighted by Crippen LogP contribution is -2.13. The zero-order chi connectivity index (χ0) is 15.6. The van der Waals surface area contributed by atoms with Crippen molar-refractivity contribution in [3.05, 3.63) is 57.5 Å². The second-order valence-corrected chi connectivity index (χ2v) is 7.68. The Kier molecular flexibility index (Phi) is 4.70. The van der Waals surface area contributed by atoms with Crippen molar-refractivity contribution in [2.24, 2.45) is 0 Å². The summed E-state index contributed by atoms with van der Waals surface area (Å²) in [6, 6.07) is 10.9. The third kappa shape index (κ3) is 4.06. The Morgan fingerprint density at radius 3 is 2.57 bits per heavy atom. The molecule has 1 N–H and O–H groups in total. The SMILES string of the molecule is CS(=O)(=O)c1cccc(C(=O)Nc2cc(Cl)ccc2Br)c1. The van der Waals surface area contributed by atoms with Crippen LogP contribution in [0.4, 0.5) is 5.69 Å². The quantitative estimate of drug-likeness (QED) is 0.871. The molecule has 0 saturated heterocycles. The van der Waals surface area contributed by atoms with Gasteiger partial charge in [-0.1, -0.05) is 17.7 Å². The van der Waals surface area contributed by atoms with Gasteiger partial charge in [-0.25, -0.2) is 8.42 Å². The highest BCUT2D eigenvalue weighted by molar-refractivity contribution is 9.10. The fourth-order valence-electron chi connectivity index (χ4n) is 1.66. The Morgan fingerprint density at radius 2 is 1.90 bits per heavy atom. The molecule has 2 rings (SSSR count). The van der Waals surface area contributed by atoms with Crippen LogP contribution in [0, 0.1) is 0 Å². The molecule has 0 unspecified atom stereocenters. The van der Waals surface area contributed by atoms with E-state index < -0.39 is 15.7 Å². The molecular formula is C14H11BrClNO3S. The van der Waals surface area contributed by atoms with Gasteiger partial charge in [0.1, 0.15) is 0 Å². The van der Waals surface area contributed by atoms with Crippen LogP contribution in [0.3, 0.4) is 0 Å². The molecule has 7 heteroatoms. The number of nitrogens with one attached hydrogen (secondary N) is 1. The number of hydrogen-bond donors (Lipinski definition) is 1. The van der Waals surface area contributed by atoms with Crippen molar-refractivity contribution in [3.63, 3.8) is 0 Å². The molecule has 0 heterocycles. The van der Waals surface area contributed by atoms with E-state index in [0.29, 0.717) is 15.2 Å². The van der Waals surface area contributed by atoms with E-state index in [1.807, 2.05) is 0 Å². The van der Waals surface area contributed by atoms with Crippen LogP contribution < -0.4 is 5.32 Å². The number of carbonyl (C=O) groups excluding carboxylic acids is 1. The molecule has 0 aliphatic heterocycles. The first-order valence-electron chi connectivity index (χ1n) is 5.84. The standard InChI is InChI=1S/C14H11BrClNO3S/c1-21(19,20)11-4-2-3-9(7-11)14(18)17-13-8-10(16)5-6-12(13)15/h2-8H,1H3,(H,17,18). The summed E-state index contributed by atoms with van der Waals surface area (Å²) >= 11 is 9.19. The molecule has 0 fully saturated rings. The number of benzene rings is 2. The average molecular weight is 389 g/mol. The van der Waals surface area contributed by atoms with Gasteiger partial charge in [-0.2, -0.15) is 0 Å². The summed E-state index contributed by atoms with van der Waals surface area (Å²) in [6.45, 7) is 0. The van der Waals surface area contributed by atoms with E-state index in [9.17, 15) is 13.2 Å². The lowest BCUT2D eigenvalue weighted by Gasteiger charge is -2.08. The van der Waals surface area contributed by atoms with E-state index in [-0.39, 0.29) is 10.5 Å². The molecule has 0 radical (unpaired) electrons. The van der Waals surface area contributed by atoms with E-state index in [4.69, 9.17) is 11.6 Å². The molecule has 4 nitrogen and oxygen atoms in total. The Bertz CT molecular complexity index is 806. The lowest BCUT2D eigenvalue weighted by atomic mass is 10.2. The maximum absolute atomic E-state index is 12.2. The summed E-state index contributed by atoms with van der Waals surface area (Å²) in [5.41, 5.74) is 0.766. The van der Waals surface area contributed by atoms with Crippen LogP contribution >= 0.6 is 27.5 Å². The van der Waals surface area contributed by atoms with Crippen LogP contribution in [-0.2, 0) is 9.84 Å². The fraction of sp³-hybridized carbons (Fsp3) is 0.0714. The number of halogens is 2. The van der Waals surface area contributed by atoms with E-state index in [2.05, 4.69) is 21.2 Å². The normalized spacial score (nSPS) is 11.2. The molecule has 0 atom stereocenters. The van der Waals surface area contributed by atoms with E-state index >= 15 is 0 Å². The van der Waals surface area contributed by atoms with Crippen molar-refractivity contribution in [2.45, 2.75) is 4.90 Å². The van der Waals surface area contributed by atoms with Gasteiger partial charge in [-0.05, 0) is 52.3 Å². The van der Waals surface area contributed by atoms with Gasteiger partial charge in [0.05, 0.1) is 10.6 Å². The zero-order valence-electron chi connectivity index (χ0n) is 10.9. The molecule has 0 spiro atoms. The second kappa shape index (κ2) is 6.17. The van der Waals surface area contributed by atoms with Crippen LogP contribution in [0.2, 0.25) is 5.02 Å². The van der Waals surface area contributed by atoms with Crippen LogP contribution in [0.5, 0.6) is 0 Å². The summed E-state index contributed by atoms with van der Waals surface area (Å²) in [7, 11) is -3.36. The highest BCUT2D eigenvalue weighted by Gasteiger charge is 2.13. The number of hydrogen-bond acceptors (Lipinski definition) is 3. The third-order valence-corrected chi connectivity index (χ3v) is 4.74. The Balaban J connectivity index is 2.31. The van der Waals surface area contributed by atoms with Crippen LogP contribution in [0.1, 0.15) is 10.4 Å². The predicted molar refractivity (Wildman–Crippen MR) is 86.7 cm³/mol. The smallest absolute Gasteiger partial charge is 0.255 e. The molecule has 0 aliphatic rings. The number of sulfone groups is 1. The van der Waals surface area contributed by atoms with Gasteiger partial charge in [0.2, 0.25) is 0 Å². The van der Waals surface area contributed by atoms with Gasteiger partial charge in [0.25, 0.3) is 5.91 Å². The molecule has 0 bridgehead atoms. The largest absolute Gasteiger partial charge is 0.321 e. The molecule has 0 aliphatic carbocycles. The average Bonchev–Trinajstić information content (AvgIpc) is 2.42. The van der Waals surface area contributed by atoms with Crippen molar-refractivity contribution in [2.75, 3.05) is 11.6 Å². The molecule has 0 saturated carbocycles.